The van der Waals surface area contributed by atoms with Crippen LogP contribution in [-0.4, -0.2) is 20.7 Å². The Balaban J connectivity index is 1.40. The second-order valence-electron chi connectivity index (χ2n) is 7.92. The molecule has 1 amide bonds. The van der Waals surface area contributed by atoms with Crippen molar-refractivity contribution in [3.05, 3.63) is 77.4 Å². The highest BCUT2D eigenvalue weighted by molar-refractivity contribution is 5.95. The molecule has 4 aromatic rings. The SMILES string of the molecule is Cc1cc2occ(CC(=O)Nc3ccn(CCc4ccncc4)n3)c2cc1C(C)C. The first kappa shape index (κ1) is 19.9. The summed E-state index contributed by atoms with van der Waals surface area (Å²) in [7, 11) is 0. The fourth-order valence-corrected chi connectivity index (χ4v) is 3.71. The number of hydrogen-bond acceptors (Lipinski definition) is 4. The molecule has 0 aliphatic rings. The van der Waals surface area contributed by atoms with E-state index < -0.39 is 0 Å². The molecule has 0 saturated heterocycles. The third kappa shape index (κ3) is 4.43. The van der Waals surface area contributed by atoms with E-state index in [2.05, 4.69) is 48.3 Å². The topological polar surface area (TPSA) is 73.0 Å². The number of rotatable bonds is 7. The van der Waals surface area contributed by atoms with Gasteiger partial charge in [0.2, 0.25) is 5.91 Å². The number of furan rings is 1. The molecule has 3 aromatic heterocycles. The molecule has 4 rings (SSSR count). The normalized spacial score (nSPS) is 11.3. The summed E-state index contributed by atoms with van der Waals surface area (Å²) >= 11 is 0. The van der Waals surface area contributed by atoms with Crippen LogP contribution in [0.15, 0.2) is 59.6 Å². The van der Waals surface area contributed by atoms with Crippen molar-refractivity contribution in [2.75, 3.05) is 5.32 Å². The van der Waals surface area contributed by atoms with Gasteiger partial charge in [-0.1, -0.05) is 13.8 Å². The average Bonchev–Trinajstić information content (AvgIpc) is 3.33. The molecule has 6 heteroatoms. The first-order chi connectivity index (χ1) is 14.5. The van der Waals surface area contributed by atoms with E-state index >= 15 is 0 Å². The molecule has 0 unspecified atom stereocenters. The predicted molar refractivity (Wildman–Crippen MR) is 118 cm³/mol. The summed E-state index contributed by atoms with van der Waals surface area (Å²) < 4.78 is 7.52. The minimum Gasteiger partial charge on any atom is -0.464 e. The second kappa shape index (κ2) is 8.53. The van der Waals surface area contributed by atoms with Gasteiger partial charge in [-0.2, -0.15) is 5.10 Å². The number of hydrogen-bond donors (Lipinski definition) is 1. The molecule has 0 radical (unpaired) electrons. The van der Waals surface area contributed by atoms with Crippen molar-refractivity contribution in [3.8, 4) is 0 Å². The van der Waals surface area contributed by atoms with Gasteiger partial charge in [0.1, 0.15) is 5.58 Å². The standard InChI is InChI=1S/C24H26N4O2/c1-16(2)20-14-21-19(15-30-22(21)12-17(20)3)13-24(29)26-23-7-11-28(27-23)10-6-18-4-8-25-9-5-18/h4-5,7-9,11-12,14-16H,6,10,13H2,1-3H3,(H,26,27,29). The highest BCUT2D eigenvalue weighted by Crippen LogP contribution is 2.29. The lowest BCUT2D eigenvalue weighted by Crippen LogP contribution is -2.15. The number of amides is 1. The first-order valence-corrected chi connectivity index (χ1v) is 10.2. The molecular weight excluding hydrogens is 376 g/mol. The Morgan fingerprint density at radius 3 is 2.77 bits per heavy atom. The van der Waals surface area contributed by atoms with Gasteiger partial charge in [0, 0.05) is 42.2 Å². The van der Waals surface area contributed by atoms with Crippen molar-refractivity contribution in [2.45, 2.75) is 46.1 Å². The third-order valence-electron chi connectivity index (χ3n) is 5.30. The minimum absolute atomic E-state index is 0.108. The Labute approximate surface area is 175 Å². The molecule has 154 valence electrons. The zero-order chi connectivity index (χ0) is 21.1. The molecule has 6 nitrogen and oxygen atoms in total. The van der Waals surface area contributed by atoms with E-state index in [9.17, 15) is 4.79 Å². The monoisotopic (exact) mass is 402 g/mol. The smallest absolute Gasteiger partial charge is 0.230 e. The molecule has 3 heterocycles. The summed E-state index contributed by atoms with van der Waals surface area (Å²) in [5.74, 6) is 0.868. The third-order valence-corrected chi connectivity index (χ3v) is 5.30. The maximum atomic E-state index is 12.6. The number of carbonyl (C=O) groups excluding carboxylic acids is 1. The number of benzene rings is 1. The molecule has 0 saturated carbocycles. The van der Waals surface area contributed by atoms with Crippen LogP contribution < -0.4 is 5.32 Å². The Bertz CT molecular complexity index is 1160. The van der Waals surface area contributed by atoms with E-state index in [0.29, 0.717) is 11.7 Å². The van der Waals surface area contributed by atoms with E-state index in [-0.39, 0.29) is 12.3 Å². The van der Waals surface area contributed by atoms with E-state index in [1.54, 1.807) is 18.7 Å². The zero-order valence-electron chi connectivity index (χ0n) is 17.6. The van der Waals surface area contributed by atoms with Crippen LogP contribution in [0.1, 0.15) is 42.0 Å². The number of nitrogens with one attached hydrogen (secondary N) is 1. The Morgan fingerprint density at radius 1 is 1.20 bits per heavy atom. The van der Waals surface area contributed by atoms with Gasteiger partial charge in [-0.3, -0.25) is 14.5 Å². The number of fused-ring (bicyclic) bond motifs is 1. The zero-order valence-corrected chi connectivity index (χ0v) is 17.6. The van der Waals surface area contributed by atoms with Crippen molar-refractivity contribution < 1.29 is 9.21 Å². The number of pyridine rings is 1. The molecule has 0 aliphatic carbocycles. The largest absolute Gasteiger partial charge is 0.464 e. The maximum Gasteiger partial charge on any atom is 0.230 e. The molecular formula is C24H26N4O2. The van der Waals surface area contributed by atoms with Gasteiger partial charge in [0.25, 0.3) is 0 Å². The molecule has 0 spiro atoms. The van der Waals surface area contributed by atoms with Gasteiger partial charge >= 0.3 is 0 Å². The lowest BCUT2D eigenvalue weighted by atomic mass is 9.95. The minimum atomic E-state index is -0.108. The van der Waals surface area contributed by atoms with Crippen molar-refractivity contribution >= 4 is 22.7 Å². The Hall–Kier alpha value is -3.41. The predicted octanol–water partition coefficient (Wildman–Crippen LogP) is 4.88. The summed E-state index contributed by atoms with van der Waals surface area (Å²) in [6.45, 7) is 7.18. The van der Waals surface area contributed by atoms with E-state index in [1.807, 2.05) is 29.1 Å². The van der Waals surface area contributed by atoms with Gasteiger partial charge in [0.15, 0.2) is 5.82 Å². The Morgan fingerprint density at radius 2 is 2.00 bits per heavy atom. The number of carbonyl (C=O) groups is 1. The van der Waals surface area contributed by atoms with E-state index in [1.165, 1.54) is 16.7 Å². The molecule has 30 heavy (non-hydrogen) atoms. The van der Waals surface area contributed by atoms with E-state index in [4.69, 9.17) is 4.42 Å². The highest BCUT2D eigenvalue weighted by Gasteiger charge is 2.14. The van der Waals surface area contributed by atoms with Crippen LogP contribution in [0.3, 0.4) is 0 Å². The van der Waals surface area contributed by atoms with Crippen molar-refractivity contribution in [3.63, 3.8) is 0 Å². The number of nitrogens with zero attached hydrogens (tertiary/aromatic N) is 3. The van der Waals surface area contributed by atoms with Crippen molar-refractivity contribution in [2.24, 2.45) is 0 Å². The maximum absolute atomic E-state index is 12.6. The molecule has 0 aliphatic heterocycles. The van der Waals surface area contributed by atoms with Crippen LogP contribution in [0.2, 0.25) is 0 Å². The quantitative estimate of drug-likeness (QED) is 0.478. The highest BCUT2D eigenvalue weighted by atomic mass is 16.3. The van der Waals surface area contributed by atoms with Crippen molar-refractivity contribution in [1.29, 1.82) is 0 Å². The number of aromatic nitrogens is 3. The molecule has 0 bridgehead atoms. The molecule has 0 atom stereocenters. The van der Waals surface area contributed by atoms with Crippen LogP contribution in [0.25, 0.3) is 11.0 Å². The van der Waals surface area contributed by atoms with Crippen LogP contribution in [-0.2, 0) is 24.2 Å². The van der Waals surface area contributed by atoms with Crippen LogP contribution in [0.5, 0.6) is 0 Å². The number of anilines is 1. The van der Waals surface area contributed by atoms with Crippen LogP contribution in [0, 0.1) is 6.92 Å². The number of aryl methyl sites for hydroxylation is 3. The first-order valence-electron chi connectivity index (χ1n) is 10.2. The molecule has 1 N–H and O–H groups in total. The lowest BCUT2D eigenvalue weighted by molar-refractivity contribution is -0.115. The second-order valence-corrected chi connectivity index (χ2v) is 7.92. The fourth-order valence-electron chi connectivity index (χ4n) is 3.71. The summed E-state index contributed by atoms with van der Waals surface area (Å²) in [5.41, 5.74) is 5.40. The van der Waals surface area contributed by atoms with E-state index in [0.717, 1.165) is 29.5 Å². The van der Waals surface area contributed by atoms with Crippen molar-refractivity contribution in [1.82, 2.24) is 14.8 Å². The molecule has 1 aromatic carbocycles. The van der Waals surface area contributed by atoms with Crippen LogP contribution in [0.4, 0.5) is 5.82 Å². The van der Waals surface area contributed by atoms with Gasteiger partial charge in [-0.25, -0.2) is 0 Å². The summed E-state index contributed by atoms with van der Waals surface area (Å²) in [4.78, 5) is 16.6. The summed E-state index contributed by atoms with van der Waals surface area (Å²) in [6.07, 6.45) is 8.24. The van der Waals surface area contributed by atoms with Gasteiger partial charge in [0.05, 0.1) is 12.7 Å². The van der Waals surface area contributed by atoms with Gasteiger partial charge < -0.3 is 9.73 Å². The van der Waals surface area contributed by atoms with Gasteiger partial charge in [-0.15, -0.1) is 0 Å². The summed E-state index contributed by atoms with van der Waals surface area (Å²) in [5, 5.41) is 8.34. The average molecular weight is 402 g/mol. The Kier molecular flexibility index (Phi) is 5.65. The lowest BCUT2D eigenvalue weighted by Gasteiger charge is -2.10. The summed E-state index contributed by atoms with van der Waals surface area (Å²) in [6, 6.07) is 10.0. The fraction of sp³-hybridized carbons (Fsp3) is 0.292. The van der Waals surface area contributed by atoms with Crippen LogP contribution >= 0.6 is 0 Å². The van der Waals surface area contributed by atoms with Gasteiger partial charge in [-0.05, 0) is 60.2 Å². The molecule has 0 fully saturated rings.